The van der Waals surface area contributed by atoms with Crippen molar-refractivity contribution in [1.82, 2.24) is 0 Å². The number of hydrogen-bond acceptors (Lipinski definition) is 3. The molecule has 0 aliphatic heterocycles. The van der Waals surface area contributed by atoms with Gasteiger partial charge in [-0.15, -0.1) is 11.3 Å². The van der Waals surface area contributed by atoms with Crippen molar-refractivity contribution >= 4 is 17.2 Å². The number of carbonyl (C=O) groups is 1. The third-order valence-electron chi connectivity index (χ3n) is 5.34. The van der Waals surface area contributed by atoms with E-state index in [2.05, 4.69) is 6.07 Å². The molecule has 1 unspecified atom stereocenters. The second-order valence-corrected chi connectivity index (χ2v) is 7.62. The van der Waals surface area contributed by atoms with Crippen molar-refractivity contribution in [3.63, 3.8) is 0 Å². The van der Waals surface area contributed by atoms with Crippen LogP contribution in [-0.4, -0.2) is 13.0 Å². The minimum Gasteiger partial charge on any atom is -0.497 e. The molecule has 0 bridgehead atoms. The summed E-state index contributed by atoms with van der Waals surface area (Å²) in [5.41, 5.74) is 6.58. The van der Waals surface area contributed by atoms with Crippen LogP contribution in [0, 0.1) is 5.92 Å². The third-order valence-corrected chi connectivity index (χ3v) is 6.39. The first-order chi connectivity index (χ1) is 11.7. The zero-order valence-electron chi connectivity index (χ0n) is 14.2. The quantitative estimate of drug-likeness (QED) is 0.850. The first kappa shape index (κ1) is 17.0. The molecule has 3 nitrogen and oxygen atoms in total. The van der Waals surface area contributed by atoms with Crippen molar-refractivity contribution in [2.45, 2.75) is 43.9 Å². The van der Waals surface area contributed by atoms with Gasteiger partial charge in [0.15, 0.2) is 0 Å². The molecule has 1 saturated carbocycles. The number of hydrogen-bond donors (Lipinski definition) is 1. The average molecular weight is 343 g/mol. The molecule has 1 aromatic carbocycles. The fourth-order valence-corrected chi connectivity index (χ4v) is 5.05. The summed E-state index contributed by atoms with van der Waals surface area (Å²) in [7, 11) is 1.66. The van der Waals surface area contributed by atoms with Gasteiger partial charge in [0.2, 0.25) is 5.91 Å². The Balaban J connectivity index is 2.00. The van der Waals surface area contributed by atoms with Gasteiger partial charge in [0.1, 0.15) is 5.75 Å². The summed E-state index contributed by atoms with van der Waals surface area (Å²) in [5.74, 6) is 0.967. The molecule has 1 aromatic heterocycles. The topological polar surface area (TPSA) is 52.3 Å². The van der Waals surface area contributed by atoms with Crippen LogP contribution >= 0.6 is 11.3 Å². The Morgan fingerprint density at radius 2 is 1.92 bits per heavy atom. The largest absolute Gasteiger partial charge is 0.497 e. The lowest BCUT2D eigenvalue weighted by atomic mass is 9.64. The summed E-state index contributed by atoms with van der Waals surface area (Å²) in [5, 5.41) is 2.05. The second-order valence-electron chi connectivity index (χ2n) is 6.67. The Hall–Kier alpha value is -1.81. The predicted octanol–water partition coefficient (Wildman–Crippen LogP) is 4.30. The van der Waals surface area contributed by atoms with Gasteiger partial charge in [-0.05, 0) is 54.3 Å². The van der Waals surface area contributed by atoms with Crippen molar-refractivity contribution in [2.24, 2.45) is 11.7 Å². The molecule has 0 saturated heterocycles. The number of rotatable bonds is 6. The van der Waals surface area contributed by atoms with Gasteiger partial charge in [-0.1, -0.05) is 37.5 Å². The van der Waals surface area contributed by atoms with E-state index in [9.17, 15) is 4.79 Å². The Kier molecular flexibility index (Phi) is 5.24. The highest BCUT2D eigenvalue weighted by molar-refractivity contribution is 7.10. The van der Waals surface area contributed by atoms with Gasteiger partial charge in [-0.2, -0.15) is 0 Å². The predicted molar refractivity (Wildman–Crippen MR) is 98.5 cm³/mol. The van der Waals surface area contributed by atoms with E-state index in [1.807, 2.05) is 35.7 Å². The summed E-state index contributed by atoms with van der Waals surface area (Å²) in [6.45, 7) is 0. The molecule has 1 atom stereocenters. The number of nitrogens with two attached hydrogens (primary N) is 1. The molecule has 0 radical (unpaired) electrons. The van der Waals surface area contributed by atoms with Crippen LogP contribution in [0.15, 0.2) is 41.8 Å². The van der Waals surface area contributed by atoms with Gasteiger partial charge in [0.05, 0.1) is 12.5 Å². The second kappa shape index (κ2) is 7.39. The van der Waals surface area contributed by atoms with Crippen LogP contribution < -0.4 is 10.5 Å². The summed E-state index contributed by atoms with van der Waals surface area (Å²) < 4.78 is 5.25. The van der Waals surface area contributed by atoms with E-state index < -0.39 is 5.41 Å². The summed E-state index contributed by atoms with van der Waals surface area (Å²) in [6, 6.07) is 12.1. The monoisotopic (exact) mass is 343 g/mol. The van der Waals surface area contributed by atoms with E-state index in [1.165, 1.54) is 19.3 Å². The molecule has 1 heterocycles. The highest BCUT2D eigenvalue weighted by Gasteiger charge is 2.46. The standard InChI is InChI=1S/C20H25NO2S/c1-23-17-11-9-15(10-12-17)14-20(19(21)22,18-8-5-13-24-18)16-6-3-2-4-7-16/h5,8-13,16H,2-4,6-7,14H2,1H3,(H2,21,22). The molecule has 1 amide bonds. The molecule has 24 heavy (non-hydrogen) atoms. The van der Waals surface area contributed by atoms with Crippen molar-refractivity contribution < 1.29 is 9.53 Å². The highest BCUT2D eigenvalue weighted by atomic mass is 32.1. The Morgan fingerprint density at radius 3 is 2.46 bits per heavy atom. The minimum absolute atomic E-state index is 0.187. The number of amides is 1. The number of ether oxygens (including phenoxy) is 1. The molecule has 128 valence electrons. The molecular weight excluding hydrogens is 318 g/mol. The Morgan fingerprint density at radius 1 is 1.21 bits per heavy atom. The van der Waals surface area contributed by atoms with E-state index in [-0.39, 0.29) is 5.91 Å². The first-order valence-electron chi connectivity index (χ1n) is 8.63. The minimum atomic E-state index is -0.594. The SMILES string of the molecule is COc1ccc(CC(C(N)=O)(c2cccs2)C2CCCCC2)cc1. The van der Waals surface area contributed by atoms with Crippen LogP contribution in [0.5, 0.6) is 5.75 Å². The highest BCUT2D eigenvalue weighted by Crippen LogP contribution is 2.45. The average Bonchev–Trinajstić information content (AvgIpc) is 3.15. The lowest BCUT2D eigenvalue weighted by Gasteiger charge is -2.40. The fourth-order valence-electron chi connectivity index (χ4n) is 4.04. The maximum Gasteiger partial charge on any atom is 0.229 e. The molecule has 1 fully saturated rings. The number of primary amides is 1. The van der Waals surface area contributed by atoms with Crippen LogP contribution in [0.2, 0.25) is 0 Å². The molecule has 1 aliphatic carbocycles. The molecule has 2 aromatic rings. The van der Waals surface area contributed by atoms with Gasteiger partial charge in [0, 0.05) is 4.88 Å². The van der Waals surface area contributed by atoms with Crippen LogP contribution in [0.3, 0.4) is 0 Å². The number of thiophene rings is 1. The summed E-state index contributed by atoms with van der Waals surface area (Å²) in [6.07, 6.45) is 6.46. The summed E-state index contributed by atoms with van der Waals surface area (Å²) >= 11 is 1.65. The lowest BCUT2D eigenvalue weighted by Crippen LogP contribution is -2.49. The van der Waals surface area contributed by atoms with Gasteiger partial charge in [0.25, 0.3) is 0 Å². The summed E-state index contributed by atoms with van der Waals surface area (Å²) in [4.78, 5) is 13.9. The Labute approximate surface area is 147 Å². The van der Waals surface area contributed by atoms with Gasteiger partial charge in [-0.3, -0.25) is 4.79 Å². The fraction of sp³-hybridized carbons (Fsp3) is 0.450. The number of benzene rings is 1. The lowest BCUT2D eigenvalue weighted by molar-refractivity contribution is -0.126. The molecule has 4 heteroatoms. The van der Waals surface area contributed by atoms with E-state index in [1.54, 1.807) is 18.4 Å². The molecule has 1 aliphatic rings. The third kappa shape index (κ3) is 3.20. The van der Waals surface area contributed by atoms with E-state index in [0.717, 1.165) is 29.0 Å². The van der Waals surface area contributed by atoms with E-state index in [4.69, 9.17) is 10.5 Å². The number of carbonyl (C=O) groups excluding carboxylic acids is 1. The van der Waals surface area contributed by atoms with Gasteiger partial charge < -0.3 is 10.5 Å². The van der Waals surface area contributed by atoms with Crippen LogP contribution in [0.25, 0.3) is 0 Å². The zero-order chi connectivity index (χ0) is 17.0. The van der Waals surface area contributed by atoms with Crippen LogP contribution in [0.4, 0.5) is 0 Å². The van der Waals surface area contributed by atoms with Crippen molar-refractivity contribution in [1.29, 1.82) is 0 Å². The van der Waals surface area contributed by atoms with E-state index in [0.29, 0.717) is 12.3 Å². The van der Waals surface area contributed by atoms with Crippen LogP contribution in [0.1, 0.15) is 42.5 Å². The maximum atomic E-state index is 12.8. The van der Waals surface area contributed by atoms with Crippen LogP contribution in [-0.2, 0) is 16.6 Å². The van der Waals surface area contributed by atoms with Crippen molar-refractivity contribution in [3.8, 4) is 5.75 Å². The molecule has 3 rings (SSSR count). The molecular formula is C20H25NO2S. The van der Waals surface area contributed by atoms with Crippen molar-refractivity contribution in [2.75, 3.05) is 7.11 Å². The number of methoxy groups -OCH3 is 1. The smallest absolute Gasteiger partial charge is 0.229 e. The zero-order valence-corrected chi connectivity index (χ0v) is 15.0. The van der Waals surface area contributed by atoms with Crippen molar-refractivity contribution in [3.05, 3.63) is 52.2 Å². The molecule has 2 N–H and O–H groups in total. The van der Waals surface area contributed by atoms with E-state index >= 15 is 0 Å². The Bertz CT molecular complexity index is 659. The maximum absolute atomic E-state index is 12.8. The first-order valence-corrected chi connectivity index (χ1v) is 9.51. The molecule has 0 spiro atoms. The normalized spacial score (nSPS) is 18.0. The van der Waals surface area contributed by atoms with Gasteiger partial charge >= 0.3 is 0 Å². The van der Waals surface area contributed by atoms with Gasteiger partial charge in [-0.25, -0.2) is 0 Å².